The molecule has 4 N–H and O–H groups in total. The van der Waals surface area contributed by atoms with Gasteiger partial charge in [-0.1, -0.05) is 12.1 Å². The smallest absolute Gasteiger partial charge is 0.435 e. The summed E-state index contributed by atoms with van der Waals surface area (Å²) in [6.07, 6.45) is -12.5. The van der Waals surface area contributed by atoms with Crippen LogP contribution < -0.4 is 21.1 Å². The maximum atomic E-state index is 14.5. The average molecular weight is 481 g/mol. The first-order chi connectivity index (χ1) is 15.1. The van der Waals surface area contributed by atoms with Gasteiger partial charge in [0.1, 0.15) is 5.56 Å². The molecule has 33 heavy (non-hydrogen) atoms. The SMILES string of the molecule is CCNc1ccc(N)c(OC)c1C(=O)Nc1c(C)cc(C(F)(C(F)(F)F)C(F)(F)F)cc1C. The van der Waals surface area contributed by atoms with Crippen molar-refractivity contribution in [2.24, 2.45) is 0 Å². The molecule has 0 saturated carbocycles. The Bertz CT molecular complexity index is 1010. The predicted octanol–water partition coefficient (Wildman–Crippen LogP) is 5.87. The van der Waals surface area contributed by atoms with Gasteiger partial charge in [0, 0.05) is 17.8 Å². The topological polar surface area (TPSA) is 76.4 Å². The zero-order chi connectivity index (χ0) is 25.4. The lowest BCUT2D eigenvalue weighted by molar-refractivity contribution is -0.348. The molecular formula is C21H22F7N3O2. The van der Waals surface area contributed by atoms with Gasteiger partial charge in [-0.25, -0.2) is 4.39 Å². The van der Waals surface area contributed by atoms with E-state index in [0.29, 0.717) is 24.4 Å². The summed E-state index contributed by atoms with van der Waals surface area (Å²) in [7, 11) is 1.28. The van der Waals surface area contributed by atoms with Crippen LogP contribution in [0.5, 0.6) is 5.75 Å². The number of rotatable bonds is 6. The van der Waals surface area contributed by atoms with E-state index in [1.54, 1.807) is 6.92 Å². The van der Waals surface area contributed by atoms with Crippen molar-refractivity contribution in [3.63, 3.8) is 0 Å². The van der Waals surface area contributed by atoms with Crippen molar-refractivity contribution >= 4 is 23.0 Å². The normalized spacial score (nSPS) is 12.5. The van der Waals surface area contributed by atoms with Gasteiger partial charge in [-0.05, 0) is 44.0 Å². The maximum Gasteiger partial charge on any atom is 0.435 e. The number of ether oxygens (including phenoxy) is 1. The second-order valence-electron chi connectivity index (χ2n) is 7.23. The van der Waals surface area contributed by atoms with E-state index in [9.17, 15) is 35.5 Å². The van der Waals surface area contributed by atoms with Crippen molar-refractivity contribution < 1.29 is 40.3 Å². The first kappa shape index (κ1) is 26.1. The zero-order valence-electron chi connectivity index (χ0n) is 18.1. The van der Waals surface area contributed by atoms with Gasteiger partial charge in [0.2, 0.25) is 0 Å². The number of amides is 1. The fraction of sp³-hybridized carbons (Fsp3) is 0.381. The fourth-order valence-corrected chi connectivity index (χ4v) is 3.41. The lowest BCUT2D eigenvalue weighted by atomic mass is 9.90. The standard InChI is InChI=1S/C21H22F7N3O2/c1-5-30-14-7-6-13(29)17(33-4)15(14)18(32)31-16-10(2)8-12(9-11(16)3)19(22,20(23,24)25)21(26,27)28/h6-9,30H,5,29H2,1-4H3,(H,31,32). The largest absolute Gasteiger partial charge is 0.494 e. The lowest BCUT2D eigenvalue weighted by Crippen LogP contribution is -2.50. The molecule has 0 aliphatic carbocycles. The maximum absolute atomic E-state index is 14.5. The molecule has 2 aromatic carbocycles. The van der Waals surface area contributed by atoms with Crippen LogP contribution in [0.2, 0.25) is 0 Å². The van der Waals surface area contributed by atoms with Gasteiger partial charge in [0.05, 0.1) is 18.5 Å². The summed E-state index contributed by atoms with van der Waals surface area (Å²) in [5, 5.41) is 5.39. The van der Waals surface area contributed by atoms with E-state index in [1.807, 2.05) is 0 Å². The molecule has 0 aliphatic rings. The Morgan fingerprint density at radius 3 is 1.94 bits per heavy atom. The van der Waals surface area contributed by atoms with Gasteiger partial charge in [-0.15, -0.1) is 0 Å². The first-order valence-corrected chi connectivity index (χ1v) is 9.55. The van der Waals surface area contributed by atoms with E-state index in [-0.39, 0.29) is 33.8 Å². The molecule has 0 bridgehead atoms. The molecule has 0 heterocycles. The number of nitrogen functional groups attached to an aromatic ring is 1. The highest BCUT2D eigenvalue weighted by molar-refractivity contribution is 6.11. The molecule has 2 rings (SSSR count). The number of halogens is 7. The third-order valence-corrected chi connectivity index (χ3v) is 4.94. The first-order valence-electron chi connectivity index (χ1n) is 9.55. The van der Waals surface area contributed by atoms with Gasteiger partial charge in [0.25, 0.3) is 5.91 Å². The summed E-state index contributed by atoms with van der Waals surface area (Å²) >= 11 is 0. The van der Waals surface area contributed by atoms with E-state index in [0.717, 1.165) is 13.8 Å². The molecule has 0 saturated heterocycles. The van der Waals surface area contributed by atoms with Gasteiger partial charge < -0.3 is 21.1 Å². The van der Waals surface area contributed by atoms with Crippen LogP contribution in [0.1, 0.15) is 34.0 Å². The second kappa shape index (κ2) is 8.99. The van der Waals surface area contributed by atoms with Crippen LogP contribution in [0.4, 0.5) is 47.8 Å². The van der Waals surface area contributed by atoms with Gasteiger partial charge in [0.15, 0.2) is 5.75 Å². The number of anilines is 3. The summed E-state index contributed by atoms with van der Waals surface area (Å²) in [6, 6.07) is 3.83. The van der Waals surface area contributed by atoms with E-state index in [2.05, 4.69) is 10.6 Å². The van der Waals surface area contributed by atoms with Crippen molar-refractivity contribution in [3.8, 4) is 5.75 Å². The van der Waals surface area contributed by atoms with Crippen LogP contribution in [-0.2, 0) is 5.67 Å². The summed E-state index contributed by atoms with van der Waals surface area (Å²) in [5.74, 6) is -0.762. The Labute approximate surface area is 185 Å². The third kappa shape index (κ3) is 4.64. The highest BCUT2D eigenvalue weighted by Gasteiger charge is 2.73. The summed E-state index contributed by atoms with van der Waals surface area (Å²) in [4.78, 5) is 13.0. The number of hydrogen-bond donors (Lipinski definition) is 3. The Morgan fingerprint density at radius 2 is 1.52 bits per heavy atom. The van der Waals surface area contributed by atoms with Crippen LogP contribution in [-0.4, -0.2) is 31.9 Å². The van der Waals surface area contributed by atoms with Gasteiger partial charge in [-0.3, -0.25) is 4.79 Å². The molecule has 5 nitrogen and oxygen atoms in total. The number of aryl methyl sites for hydroxylation is 2. The van der Waals surface area contributed by atoms with Crippen molar-refractivity contribution in [1.82, 2.24) is 0 Å². The highest BCUT2D eigenvalue weighted by Crippen LogP contribution is 2.53. The van der Waals surface area contributed by atoms with Crippen LogP contribution in [0.25, 0.3) is 0 Å². The Kier molecular flexibility index (Phi) is 7.10. The number of alkyl halides is 7. The molecule has 182 valence electrons. The fourth-order valence-electron chi connectivity index (χ4n) is 3.41. The molecule has 0 spiro atoms. The average Bonchev–Trinajstić information content (AvgIpc) is 2.69. The molecule has 12 heteroatoms. The van der Waals surface area contributed by atoms with Gasteiger partial charge in [-0.2, -0.15) is 26.3 Å². The summed E-state index contributed by atoms with van der Waals surface area (Å²) in [5.41, 5.74) is -1.41. The molecule has 2 aromatic rings. The van der Waals surface area contributed by atoms with E-state index in [1.165, 1.54) is 19.2 Å². The molecule has 0 atom stereocenters. The monoisotopic (exact) mass is 481 g/mol. The molecule has 0 fully saturated rings. The van der Waals surface area contributed by atoms with Crippen LogP contribution in [0.3, 0.4) is 0 Å². The van der Waals surface area contributed by atoms with E-state index in [4.69, 9.17) is 10.5 Å². The second-order valence-corrected chi connectivity index (χ2v) is 7.23. The Morgan fingerprint density at radius 1 is 1.00 bits per heavy atom. The van der Waals surface area contributed by atoms with Crippen LogP contribution in [0.15, 0.2) is 24.3 Å². The Balaban J connectivity index is 2.59. The molecule has 0 radical (unpaired) electrons. The quantitative estimate of drug-likeness (QED) is 0.357. The minimum Gasteiger partial charge on any atom is -0.494 e. The van der Waals surface area contributed by atoms with Gasteiger partial charge >= 0.3 is 18.0 Å². The zero-order valence-corrected chi connectivity index (χ0v) is 18.1. The molecular weight excluding hydrogens is 459 g/mol. The minimum absolute atomic E-state index is 0.0207. The summed E-state index contributed by atoms with van der Waals surface area (Å²) < 4.78 is 98.4. The Hall–Kier alpha value is -3.18. The number of nitrogens with two attached hydrogens (primary N) is 1. The number of hydrogen-bond acceptors (Lipinski definition) is 4. The van der Waals surface area contributed by atoms with Crippen molar-refractivity contribution in [1.29, 1.82) is 0 Å². The van der Waals surface area contributed by atoms with Crippen LogP contribution in [0, 0.1) is 13.8 Å². The molecule has 0 aliphatic heterocycles. The van der Waals surface area contributed by atoms with Crippen molar-refractivity contribution in [2.75, 3.05) is 30.0 Å². The van der Waals surface area contributed by atoms with Crippen LogP contribution >= 0.6 is 0 Å². The minimum atomic E-state index is -6.25. The lowest BCUT2D eigenvalue weighted by Gasteiger charge is -2.31. The number of carbonyl (C=O) groups is 1. The van der Waals surface area contributed by atoms with E-state index < -0.39 is 29.5 Å². The van der Waals surface area contributed by atoms with Crippen molar-refractivity contribution in [3.05, 3.63) is 46.5 Å². The highest BCUT2D eigenvalue weighted by atomic mass is 19.4. The summed E-state index contributed by atoms with van der Waals surface area (Å²) in [6.45, 7) is 4.50. The molecule has 1 amide bonds. The molecule has 0 unspecified atom stereocenters. The van der Waals surface area contributed by atoms with Crippen molar-refractivity contribution in [2.45, 2.75) is 38.8 Å². The third-order valence-electron chi connectivity index (χ3n) is 4.94. The number of benzene rings is 2. The number of carbonyl (C=O) groups excluding carboxylic acids is 1. The molecule has 0 aromatic heterocycles. The predicted molar refractivity (Wildman–Crippen MR) is 110 cm³/mol. The number of nitrogens with one attached hydrogen (secondary N) is 2. The number of methoxy groups -OCH3 is 1. The van der Waals surface area contributed by atoms with E-state index >= 15 is 0 Å².